The maximum absolute atomic E-state index is 6.21. The molecule has 2 aromatic carbocycles. The van der Waals surface area contributed by atoms with Crippen LogP contribution in [0.5, 0.6) is 0 Å². The van der Waals surface area contributed by atoms with E-state index in [4.69, 9.17) is 23.1 Å². The van der Waals surface area contributed by atoms with Crippen molar-refractivity contribution >= 4 is 34.4 Å². The second kappa shape index (κ2) is 5.85. The van der Waals surface area contributed by atoms with Crippen molar-refractivity contribution in [2.24, 2.45) is 16.5 Å². The van der Waals surface area contributed by atoms with Crippen molar-refractivity contribution < 1.29 is 0 Å². The average Bonchev–Trinajstić information content (AvgIpc) is 2.47. The zero-order valence-corrected chi connectivity index (χ0v) is 13.6. The first-order valence-corrected chi connectivity index (χ1v) is 7.46. The number of nitrogens with zero attached hydrogens (tertiary/aromatic N) is 3. The lowest BCUT2D eigenvalue weighted by atomic mass is 10.0. The third-order valence-corrected chi connectivity index (χ3v) is 3.72. The van der Waals surface area contributed by atoms with Gasteiger partial charge in [0.15, 0.2) is 5.96 Å². The fourth-order valence-electron chi connectivity index (χ4n) is 2.45. The lowest BCUT2D eigenvalue weighted by Crippen LogP contribution is -2.22. The summed E-state index contributed by atoms with van der Waals surface area (Å²) in [4.78, 5) is 12.9. The number of halogens is 1. The zero-order valence-electron chi connectivity index (χ0n) is 12.8. The molecule has 0 amide bonds. The molecule has 0 aliphatic heterocycles. The van der Waals surface area contributed by atoms with Crippen LogP contribution >= 0.6 is 11.6 Å². The van der Waals surface area contributed by atoms with E-state index >= 15 is 0 Å². The Kier molecular flexibility index (Phi) is 3.88. The van der Waals surface area contributed by atoms with Crippen LogP contribution in [0, 0.1) is 13.8 Å². The number of guanidine groups is 1. The molecule has 6 heteroatoms. The molecule has 1 aromatic heterocycles. The van der Waals surface area contributed by atoms with Crippen LogP contribution in [-0.4, -0.2) is 15.9 Å². The molecule has 0 fully saturated rings. The maximum atomic E-state index is 6.21. The van der Waals surface area contributed by atoms with E-state index in [0.29, 0.717) is 5.02 Å². The first-order chi connectivity index (χ1) is 10.9. The van der Waals surface area contributed by atoms with Gasteiger partial charge in [0.2, 0.25) is 0 Å². The van der Waals surface area contributed by atoms with Gasteiger partial charge < -0.3 is 11.5 Å². The highest BCUT2D eigenvalue weighted by atomic mass is 35.5. The van der Waals surface area contributed by atoms with Crippen molar-refractivity contribution in [1.82, 2.24) is 9.97 Å². The van der Waals surface area contributed by atoms with Gasteiger partial charge in [-0.15, -0.1) is 0 Å². The standard InChI is InChI=1S/C17H16ClN5/c1-9-3-5-11(6-4-9)15-13-8-12(18)7-10(2)14(13)21-17(22-15)23-16(19)20/h3-8H,1-2H3,(H4,19,20,21,22,23). The van der Waals surface area contributed by atoms with Gasteiger partial charge in [-0.05, 0) is 31.5 Å². The minimum Gasteiger partial charge on any atom is -0.370 e. The summed E-state index contributed by atoms with van der Waals surface area (Å²) in [6.45, 7) is 3.98. The molecular formula is C17H16ClN5. The van der Waals surface area contributed by atoms with Gasteiger partial charge >= 0.3 is 0 Å². The van der Waals surface area contributed by atoms with Gasteiger partial charge in [0, 0.05) is 16.0 Å². The summed E-state index contributed by atoms with van der Waals surface area (Å²) in [5.74, 6) is 0.157. The highest BCUT2D eigenvalue weighted by molar-refractivity contribution is 6.31. The predicted molar refractivity (Wildman–Crippen MR) is 94.9 cm³/mol. The number of hydrogen-bond donors (Lipinski definition) is 2. The summed E-state index contributed by atoms with van der Waals surface area (Å²) in [7, 11) is 0. The lowest BCUT2D eigenvalue weighted by Gasteiger charge is -2.10. The zero-order chi connectivity index (χ0) is 16.6. The molecular weight excluding hydrogens is 310 g/mol. The third kappa shape index (κ3) is 3.10. The normalized spacial score (nSPS) is 10.7. The van der Waals surface area contributed by atoms with Crippen LogP contribution in [0.3, 0.4) is 0 Å². The van der Waals surface area contributed by atoms with E-state index in [1.807, 2.05) is 50.2 Å². The number of aromatic nitrogens is 2. The van der Waals surface area contributed by atoms with Gasteiger partial charge in [-0.2, -0.15) is 4.99 Å². The Morgan fingerprint density at radius 2 is 1.74 bits per heavy atom. The number of hydrogen-bond acceptors (Lipinski definition) is 3. The first kappa shape index (κ1) is 15.2. The molecule has 0 atom stereocenters. The van der Waals surface area contributed by atoms with E-state index in [9.17, 15) is 0 Å². The summed E-state index contributed by atoms with van der Waals surface area (Å²) in [5, 5.41) is 1.51. The molecule has 0 aliphatic rings. The Hall–Kier alpha value is -2.66. The molecule has 0 spiro atoms. The van der Waals surface area contributed by atoms with Gasteiger partial charge in [0.05, 0.1) is 11.2 Å². The second-order valence-corrected chi connectivity index (χ2v) is 5.83. The van der Waals surface area contributed by atoms with E-state index in [1.165, 1.54) is 5.56 Å². The van der Waals surface area contributed by atoms with Crippen molar-refractivity contribution in [3.05, 3.63) is 52.5 Å². The number of aryl methyl sites for hydroxylation is 2. The van der Waals surface area contributed by atoms with Crippen LogP contribution < -0.4 is 11.5 Å². The summed E-state index contributed by atoms with van der Waals surface area (Å²) in [6, 6.07) is 11.8. The van der Waals surface area contributed by atoms with E-state index in [1.54, 1.807) is 0 Å². The predicted octanol–water partition coefficient (Wildman–Crippen LogP) is 3.47. The van der Waals surface area contributed by atoms with Gasteiger partial charge in [0.25, 0.3) is 5.95 Å². The van der Waals surface area contributed by atoms with E-state index in [0.717, 1.165) is 27.7 Å². The smallest absolute Gasteiger partial charge is 0.253 e. The quantitative estimate of drug-likeness (QED) is 0.557. The maximum Gasteiger partial charge on any atom is 0.253 e. The van der Waals surface area contributed by atoms with Crippen LogP contribution in [0.2, 0.25) is 5.02 Å². The van der Waals surface area contributed by atoms with Crippen molar-refractivity contribution in [2.45, 2.75) is 13.8 Å². The summed E-state index contributed by atoms with van der Waals surface area (Å²) < 4.78 is 0. The summed E-state index contributed by atoms with van der Waals surface area (Å²) in [6.07, 6.45) is 0. The molecule has 3 aromatic rings. The van der Waals surface area contributed by atoms with Crippen LogP contribution in [0.25, 0.3) is 22.2 Å². The fraction of sp³-hybridized carbons (Fsp3) is 0.118. The Labute approximate surface area is 139 Å². The highest BCUT2D eigenvalue weighted by Crippen LogP contribution is 2.32. The molecule has 0 saturated heterocycles. The largest absolute Gasteiger partial charge is 0.370 e. The van der Waals surface area contributed by atoms with Crippen molar-refractivity contribution in [3.63, 3.8) is 0 Å². The molecule has 0 bridgehead atoms. The van der Waals surface area contributed by atoms with Gasteiger partial charge in [-0.1, -0.05) is 41.4 Å². The van der Waals surface area contributed by atoms with Crippen molar-refractivity contribution in [3.8, 4) is 11.3 Å². The number of benzene rings is 2. The minimum atomic E-state index is -0.0779. The number of aliphatic imine (C=N–C) groups is 1. The summed E-state index contributed by atoms with van der Waals surface area (Å²) >= 11 is 6.21. The monoisotopic (exact) mass is 325 g/mol. The van der Waals surface area contributed by atoms with E-state index in [2.05, 4.69) is 15.0 Å². The average molecular weight is 326 g/mol. The number of rotatable bonds is 2. The molecule has 23 heavy (non-hydrogen) atoms. The fourth-order valence-corrected chi connectivity index (χ4v) is 2.72. The minimum absolute atomic E-state index is 0.0779. The topological polar surface area (TPSA) is 90.2 Å². The van der Waals surface area contributed by atoms with E-state index in [-0.39, 0.29) is 11.9 Å². The molecule has 0 aliphatic carbocycles. The Morgan fingerprint density at radius 3 is 2.39 bits per heavy atom. The molecule has 0 unspecified atom stereocenters. The van der Waals surface area contributed by atoms with Gasteiger partial charge in [-0.3, -0.25) is 0 Å². The molecule has 4 N–H and O–H groups in total. The van der Waals surface area contributed by atoms with Crippen LogP contribution in [0.1, 0.15) is 11.1 Å². The Morgan fingerprint density at radius 1 is 1.04 bits per heavy atom. The molecule has 3 rings (SSSR count). The number of nitrogens with two attached hydrogens (primary N) is 2. The SMILES string of the molecule is Cc1ccc(-c2nc(N=C(N)N)nc3c(C)cc(Cl)cc23)cc1. The molecule has 0 radical (unpaired) electrons. The van der Waals surface area contributed by atoms with Gasteiger partial charge in [-0.25, -0.2) is 9.97 Å². The van der Waals surface area contributed by atoms with Crippen LogP contribution in [0.15, 0.2) is 41.4 Å². The second-order valence-electron chi connectivity index (χ2n) is 5.39. The molecule has 5 nitrogen and oxygen atoms in total. The first-order valence-electron chi connectivity index (χ1n) is 7.08. The van der Waals surface area contributed by atoms with Crippen LogP contribution in [0.4, 0.5) is 5.95 Å². The van der Waals surface area contributed by atoms with Crippen LogP contribution in [-0.2, 0) is 0 Å². The summed E-state index contributed by atoms with van der Waals surface area (Å²) in [5.41, 5.74) is 15.5. The molecule has 0 saturated carbocycles. The van der Waals surface area contributed by atoms with Crippen molar-refractivity contribution in [1.29, 1.82) is 0 Å². The molecule has 1 heterocycles. The highest BCUT2D eigenvalue weighted by Gasteiger charge is 2.12. The number of fused-ring (bicyclic) bond motifs is 1. The van der Waals surface area contributed by atoms with E-state index < -0.39 is 0 Å². The Bertz CT molecular complexity index is 912. The lowest BCUT2D eigenvalue weighted by molar-refractivity contribution is 1.16. The Balaban J connectivity index is 2.37. The molecule has 116 valence electrons. The van der Waals surface area contributed by atoms with Gasteiger partial charge in [0.1, 0.15) is 0 Å². The third-order valence-electron chi connectivity index (χ3n) is 3.50. The van der Waals surface area contributed by atoms with Crippen molar-refractivity contribution in [2.75, 3.05) is 0 Å².